The molecule has 0 bridgehead atoms. The molecule has 2 nitrogen and oxygen atoms in total. The van der Waals surface area contributed by atoms with Crippen molar-refractivity contribution < 1.29 is 9.53 Å². The van der Waals surface area contributed by atoms with E-state index in [1.54, 1.807) is 0 Å². The van der Waals surface area contributed by atoms with E-state index in [2.05, 4.69) is 31.2 Å². The number of hydrogen-bond acceptors (Lipinski definition) is 2. The third-order valence-electron chi connectivity index (χ3n) is 5.18. The van der Waals surface area contributed by atoms with Gasteiger partial charge in [-0.25, -0.2) is 0 Å². The summed E-state index contributed by atoms with van der Waals surface area (Å²) < 4.78 is 5.56. The zero-order chi connectivity index (χ0) is 18.7. The van der Waals surface area contributed by atoms with Crippen molar-refractivity contribution >= 4 is 5.97 Å². The third-order valence-corrected chi connectivity index (χ3v) is 5.18. The Balaban J connectivity index is 1.82. The standard InChI is InChI=1S/C24H42O2/c1-2-3-4-5-6-7-8-9-10-11-12-13-14-15-19-22-24(25)26-23-20-17-16-18-21-23/h6-7,9-10,23H,2-5,8,11-22H2,1H3/b7-6-,10-9-. The lowest BCUT2D eigenvalue weighted by molar-refractivity contribution is -0.150. The molecular formula is C24H42O2. The second-order valence-electron chi connectivity index (χ2n) is 7.73. The van der Waals surface area contributed by atoms with Gasteiger partial charge in [0.1, 0.15) is 6.10 Å². The number of allylic oxidation sites excluding steroid dienone is 4. The van der Waals surface area contributed by atoms with Crippen LogP contribution in [0, 0.1) is 0 Å². The first-order chi connectivity index (χ1) is 12.8. The number of ether oxygens (including phenoxy) is 1. The average Bonchev–Trinajstić information content (AvgIpc) is 2.65. The van der Waals surface area contributed by atoms with Gasteiger partial charge in [0.05, 0.1) is 0 Å². The first-order valence-electron chi connectivity index (χ1n) is 11.3. The molecule has 0 N–H and O–H groups in total. The van der Waals surface area contributed by atoms with Crippen LogP contribution in [0.5, 0.6) is 0 Å². The second kappa shape index (κ2) is 17.4. The van der Waals surface area contributed by atoms with Crippen LogP contribution in [0.1, 0.15) is 116 Å². The fourth-order valence-corrected chi connectivity index (χ4v) is 3.51. The zero-order valence-corrected chi connectivity index (χ0v) is 17.2. The van der Waals surface area contributed by atoms with Crippen molar-refractivity contribution in [2.24, 2.45) is 0 Å². The maximum Gasteiger partial charge on any atom is 0.306 e. The fraction of sp³-hybridized carbons (Fsp3) is 0.792. The number of carbonyl (C=O) groups is 1. The summed E-state index contributed by atoms with van der Waals surface area (Å²) in [6.07, 6.45) is 29.4. The summed E-state index contributed by atoms with van der Waals surface area (Å²) >= 11 is 0. The van der Waals surface area contributed by atoms with Crippen LogP contribution >= 0.6 is 0 Å². The smallest absolute Gasteiger partial charge is 0.306 e. The van der Waals surface area contributed by atoms with Gasteiger partial charge in [-0.05, 0) is 64.2 Å². The van der Waals surface area contributed by atoms with Gasteiger partial charge in [-0.3, -0.25) is 4.79 Å². The lowest BCUT2D eigenvalue weighted by Crippen LogP contribution is -2.20. The minimum atomic E-state index is 0.0302. The lowest BCUT2D eigenvalue weighted by Gasteiger charge is -2.21. The predicted molar refractivity (Wildman–Crippen MR) is 112 cm³/mol. The Labute approximate surface area is 162 Å². The molecule has 0 atom stereocenters. The molecule has 1 rings (SSSR count). The molecule has 26 heavy (non-hydrogen) atoms. The largest absolute Gasteiger partial charge is 0.462 e. The van der Waals surface area contributed by atoms with E-state index in [1.165, 1.54) is 70.6 Å². The number of unbranched alkanes of at least 4 members (excludes halogenated alkanes) is 8. The average molecular weight is 363 g/mol. The molecule has 1 aliphatic carbocycles. The van der Waals surface area contributed by atoms with Gasteiger partial charge in [-0.1, -0.05) is 69.8 Å². The van der Waals surface area contributed by atoms with Crippen molar-refractivity contribution in [2.75, 3.05) is 0 Å². The number of esters is 1. The predicted octanol–water partition coefficient (Wildman–Crippen LogP) is 7.68. The van der Waals surface area contributed by atoms with Gasteiger partial charge in [0.25, 0.3) is 0 Å². The van der Waals surface area contributed by atoms with E-state index in [1.807, 2.05) is 0 Å². The minimum Gasteiger partial charge on any atom is -0.462 e. The molecule has 0 unspecified atom stereocenters. The highest BCUT2D eigenvalue weighted by Crippen LogP contribution is 2.21. The number of hydrogen-bond donors (Lipinski definition) is 0. The second-order valence-corrected chi connectivity index (χ2v) is 7.73. The quantitative estimate of drug-likeness (QED) is 0.170. The zero-order valence-electron chi connectivity index (χ0n) is 17.2. The molecule has 1 saturated carbocycles. The summed E-state index contributed by atoms with van der Waals surface area (Å²) in [6, 6.07) is 0. The maximum absolute atomic E-state index is 11.8. The maximum atomic E-state index is 11.8. The Morgan fingerprint density at radius 2 is 1.42 bits per heavy atom. The molecule has 0 aliphatic heterocycles. The van der Waals surface area contributed by atoms with E-state index in [4.69, 9.17) is 4.74 Å². The Hall–Kier alpha value is -1.05. The summed E-state index contributed by atoms with van der Waals surface area (Å²) in [7, 11) is 0. The molecule has 1 aliphatic rings. The molecule has 0 heterocycles. The lowest BCUT2D eigenvalue weighted by atomic mass is 9.98. The van der Waals surface area contributed by atoms with Crippen molar-refractivity contribution in [2.45, 2.75) is 122 Å². The minimum absolute atomic E-state index is 0.0302. The highest BCUT2D eigenvalue weighted by Gasteiger charge is 2.17. The van der Waals surface area contributed by atoms with Crippen molar-refractivity contribution in [1.29, 1.82) is 0 Å². The first kappa shape index (κ1) is 23.0. The van der Waals surface area contributed by atoms with Crippen molar-refractivity contribution in [3.63, 3.8) is 0 Å². The highest BCUT2D eigenvalue weighted by atomic mass is 16.5. The Morgan fingerprint density at radius 1 is 0.808 bits per heavy atom. The summed E-state index contributed by atoms with van der Waals surface area (Å²) in [4.78, 5) is 11.8. The van der Waals surface area contributed by atoms with Crippen molar-refractivity contribution in [3.8, 4) is 0 Å². The Kier molecular flexibility index (Phi) is 15.4. The van der Waals surface area contributed by atoms with Crippen LogP contribution < -0.4 is 0 Å². The van der Waals surface area contributed by atoms with E-state index < -0.39 is 0 Å². The van der Waals surface area contributed by atoms with E-state index >= 15 is 0 Å². The molecule has 0 aromatic carbocycles. The third kappa shape index (κ3) is 14.2. The van der Waals surface area contributed by atoms with E-state index in [0.717, 1.165) is 32.1 Å². The topological polar surface area (TPSA) is 26.3 Å². The van der Waals surface area contributed by atoms with Crippen LogP contribution in [0.15, 0.2) is 24.3 Å². The van der Waals surface area contributed by atoms with Gasteiger partial charge in [-0.2, -0.15) is 0 Å². The van der Waals surface area contributed by atoms with Gasteiger partial charge >= 0.3 is 5.97 Å². The summed E-state index contributed by atoms with van der Waals surface area (Å²) in [5.74, 6) is 0.0302. The normalized spacial score (nSPS) is 15.9. The van der Waals surface area contributed by atoms with Gasteiger partial charge in [0.2, 0.25) is 0 Å². The SMILES string of the molecule is CCCCC/C=C\C/C=C\CCCCCCCC(=O)OC1CCCCC1. The molecule has 1 fully saturated rings. The van der Waals surface area contributed by atoms with E-state index in [-0.39, 0.29) is 12.1 Å². The fourth-order valence-electron chi connectivity index (χ4n) is 3.51. The van der Waals surface area contributed by atoms with Crippen LogP contribution in [-0.2, 0) is 9.53 Å². The summed E-state index contributed by atoms with van der Waals surface area (Å²) in [5, 5.41) is 0. The molecule has 0 amide bonds. The van der Waals surface area contributed by atoms with Crippen LogP contribution in [0.2, 0.25) is 0 Å². The molecule has 150 valence electrons. The van der Waals surface area contributed by atoms with E-state index in [0.29, 0.717) is 6.42 Å². The van der Waals surface area contributed by atoms with Gasteiger partial charge in [0.15, 0.2) is 0 Å². The number of rotatable bonds is 15. The molecule has 0 spiro atoms. The Bertz CT molecular complexity index is 378. The van der Waals surface area contributed by atoms with Crippen LogP contribution in [0.25, 0.3) is 0 Å². The molecule has 2 heteroatoms. The van der Waals surface area contributed by atoms with Crippen LogP contribution in [0.3, 0.4) is 0 Å². The van der Waals surface area contributed by atoms with Crippen LogP contribution in [0.4, 0.5) is 0 Å². The highest BCUT2D eigenvalue weighted by molar-refractivity contribution is 5.69. The van der Waals surface area contributed by atoms with Gasteiger partial charge < -0.3 is 4.74 Å². The van der Waals surface area contributed by atoms with Crippen molar-refractivity contribution in [1.82, 2.24) is 0 Å². The molecule has 0 saturated heterocycles. The summed E-state index contributed by atoms with van der Waals surface area (Å²) in [5.41, 5.74) is 0. The molecule has 0 aromatic heterocycles. The summed E-state index contributed by atoms with van der Waals surface area (Å²) in [6.45, 7) is 2.25. The van der Waals surface area contributed by atoms with Gasteiger partial charge in [-0.15, -0.1) is 0 Å². The molecule has 0 aromatic rings. The van der Waals surface area contributed by atoms with E-state index in [9.17, 15) is 4.79 Å². The monoisotopic (exact) mass is 362 g/mol. The van der Waals surface area contributed by atoms with Crippen LogP contribution in [-0.4, -0.2) is 12.1 Å². The molecular weight excluding hydrogens is 320 g/mol. The number of carbonyl (C=O) groups excluding carboxylic acids is 1. The molecule has 0 radical (unpaired) electrons. The van der Waals surface area contributed by atoms with Gasteiger partial charge in [0, 0.05) is 6.42 Å². The van der Waals surface area contributed by atoms with Crippen molar-refractivity contribution in [3.05, 3.63) is 24.3 Å². The Morgan fingerprint density at radius 3 is 2.12 bits per heavy atom. The first-order valence-corrected chi connectivity index (χ1v) is 11.3.